The molecule has 0 aliphatic heterocycles. The fourth-order valence-corrected chi connectivity index (χ4v) is 1.31. The minimum atomic E-state index is -0.580. The maximum absolute atomic E-state index is 12.0. The van der Waals surface area contributed by atoms with E-state index < -0.39 is 12.7 Å². The van der Waals surface area contributed by atoms with Crippen molar-refractivity contribution in [1.82, 2.24) is 15.5 Å². The number of nitrogens with one attached hydrogen (secondary N) is 1. The summed E-state index contributed by atoms with van der Waals surface area (Å²) in [5.41, 5.74) is 0. The van der Waals surface area contributed by atoms with Crippen LogP contribution in [-0.4, -0.2) is 28.8 Å². The first kappa shape index (κ1) is 10.0. The van der Waals surface area contributed by atoms with Gasteiger partial charge in [0, 0.05) is 0 Å². The van der Waals surface area contributed by atoms with Crippen molar-refractivity contribution in [2.24, 2.45) is 0 Å². The Bertz CT molecular complexity index is 302. The van der Waals surface area contributed by atoms with E-state index in [4.69, 9.17) is 0 Å². The Kier molecular flexibility index (Phi) is 3.30. The van der Waals surface area contributed by atoms with Crippen LogP contribution in [0.3, 0.4) is 0 Å². The van der Waals surface area contributed by atoms with Gasteiger partial charge in [0.1, 0.15) is 11.7 Å². The van der Waals surface area contributed by atoms with E-state index in [0.717, 1.165) is 5.01 Å². The second kappa shape index (κ2) is 4.27. The van der Waals surface area contributed by atoms with E-state index in [2.05, 4.69) is 15.5 Å². The van der Waals surface area contributed by atoms with Crippen molar-refractivity contribution in [1.29, 1.82) is 0 Å². The number of hydrogen-bond acceptors (Lipinski definition) is 4. The van der Waals surface area contributed by atoms with E-state index in [1.807, 2.05) is 0 Å². The molecule has 1 unspecified atom stereocenters. The first-order chi connectivity index (χ1) is 6.13. The highest BCUT2D eigenvalue weighted by Gasteiger charge is 2.13. The quantitative estimate of drug-likeness (QED) is 0.795. The highest BCUT2D eigenvalue weighted by Crippen LogP contribution is 2.07. The standard InChI is InChI=1S/C7H10FN3OS/c1-4(3-8)9-6(12)7-11-10-5(2)13-7/h4H,3H2,1-2H3,(H,9,12). The van der Waals surface area contributed by atoms with E-state index >= 15 is 0 Å². The predicted octanol–water partition coefficient (Wildman–Crippen LogP) is 0.934. The van der Waals surface area contributed by atoms with Crippen LogP contribution in [0.1, 0.15) is 21.7 Å². The van der Waals surface area contributed by atoms with E-state index in [1.165, 1.54) is 11.3 Å². The number of aryl methyl sites for hydroxylation is 1. The molecule has 6 heteroatoms. The van der Waals surface area contributed by atoms with Crippen LogP contribution < -0.4 is 5.32 Å². The van der Waals surface area contributed by atoms with Crippen LogP contribution in [0.2, 0.25) is 0 Å². The lowest BCUT2D eigenvalue weighted by Gasteiger charge is -2.06. The van der Waals surface area contributed by atoms with Crippen LogP contribution in [0, 0.1) is 6.92 Å². The van der Waals surface area contributed by atoms with Gasteiger partial charge in [0.2, 0.25) is 5.01 Å². The molecule has 0 saturated heterocycles. The fourth-order valence-electron chi connectivity index (χ4n) is 0.712. The van der Waals surface area contributed by atoms with Crippen LogP contribution >= 0.6 is 11.3 Å². The van der Waals surface area contributed by atoms with Gasteiger partial charge in [-0.2, -0.15) is 0 Å². The molecule has 0 saturated carbocycles. The zero-order valence-corrected chi connectivity index (χ0v) is 8.19. The third-order valence-corrected chi connectivity index (χ3v) is 2.17. The van der Waals surface area contributed by atoms with Gasteiger partial charge >= 0.3 is 0 Å². The third-order valence-electron chi connectivity index (χ3n) is 1.33. The van der Waals surface area contributed by atoms with Gasteiger partial charge in [-0.05, 0) is 13.8 Å². The molecule has 0 aliphatic rings. The number of halogens is 1. The minimum absolute atomic E-state index is 0.276. The molecule has 72 valence electrons. The molecule has 1 N–H and O–H groups in total. The Morgan fingerprint density at radius 1 is 1.69 bits per heavy atom. The normalized spacial score (nSPS) is 12.5. The molecule has 1 aromatic rings. The average molecular weight is 203 g/mol. The van der Waals surface area contributed by atoms with Gasteiger partial charge in [0.15, 0.2) is 0 Å². The Hall–Kier alpha value is -1.04. The molecule has 0 aromatic carbocycles. The van der Waals surface area contributed by atoms with Crippen LogP contribution in [0.15, 0.2) is 0 Å². The zero-order valence-electron chi connectivity index (χ0n) is 7.37. The number of rotatable bonds is 3. The van der Waals surface area contributed by atoms with Crippen LogP contribution in [0.4, 0.5) is 4.39 Å². The number of carbonyl (C=O) groups excluding carboxylic acids is 1. The number of carbonyl (C=O) groups is 1. The summed E-state index contributed by atoms with van der Waals surface area (Å²) >= 11 is 1.19. The van der Waals surface area contributed by atoms with Crippen LogP contribution in [0.25, 0.3) is 0 Å². The first-order valence-corrected chi connectivity index (χ1v) is 4.62. The van der Waals surface area contributed by atoms with Crippen LogP contribution in [0.5, 0.6) is 0 Å². The highest BCUT2D eigenvalue weighted by molar-refractivity contribution is 7.13. The van der Waals surface area contributed by atoms with Crippen LogP contribution in [-0.2, 0) is 0 Å². The fraction of sp³-hybridized carbons (Fsp3) is 0.571. The number of nitrogens with zero attached hydrogens (tertiary/aromatic N) is 2. The summed E-state index contributed by atoms with van der Waals surface area (Å²) in [6.45, 7) is 2.77. The third kappa shape index (κ3) is 2.73. The van der Waals surface area contributed by atoms with Gasteiger partial charge in [0.05, 0.1) is 6.04 Å². The van der Waals surface area contributed by atoms with Gasteiger partial charge in [-0.25, -0.2) is 4.39 Å². The lowest BCUT2D eigenvalue weighted by molar-refractivity contribution is 0.0933. The smallest absolute Gasteiger partial charge is 0.282 e. The maximum Gasteiger partial charge on any atom is 0.282 e. The van der Waals surface area contributed by atoms with E-state index in [9.17, 15) is 9.18 Å². The largest absolute Gasteiger partial charge is 0.345 e. The monoisotopic (exact) mass is 203 g/mol. The van der Waals surface area contributed by atoms with E-state index in [1.54, 1.807) is 13.8 Å². The molecule has 0 fully saturated rings. The Labute approximate surface area is 79.2 Å². The number of amides is 1. The van der Waals surface area contributed by atoms with E-state index in [0.29, 0.717) is 0 Å². The van der Waals surface area contributed by atoms with Gasteiger partial charge < -0.3 is 5.32 Å². The summed E-state index contributed by atoms with van der Waals surface area (Å²) in [6, 6.07) is -0.475. The van der Waals surface area contributed by atoms with Crippen molar-refractivity contribution in [2.75, 3.05) is 6.67 Å². The van der Waals surface area contributed by atoms with Gasteiger partial charge in [-0.1, -0.05) is 11.3 Å². The van der Waals surface area contributed by atoms with Crippen molar-refractivity contribution < 1.29 is 9.18 Å². The zero-order chi connectivity index (χ0) is 9.84. The predicted molar refractivity (Wildman–Crippen MR) is 47.5 cm³/mol. The second-order valence-electron chi connectivity index (χ2n) is 2.66. The molecule has 1 heterocycles. The number of aromatic nitrogens is 2. The van der Waals surface area contributed by atoms with Gasteiger partial charge in [-0.3, -0.25) is 4.79 Å². The SMILES string of the molecule is Cc1nnc(C(=O)NC(C)CF)s1. The molecule has 1 atom stereocenters. The first-order valence-electron chi connectivity index (χ1n) is 3.80. The van der Waals surface area contributed by atoms with E-state index in [-0.39, 0.29) is 10.9 Å². The molecule has 0 bridgehead atoms. The molecular weight excluding hydrogens is 193 g/mol. The number of alkyl halides is 1. The van der Waals surface area contributed by atoms with Gasteiger partial charge in [-0.15, -0.1) is 10.2 Å². The summed E-state index contributed by atoms with van der Waals surface area (Å²) < 4.78 is 12.0. The average Bonchev–Trinajstić information content (AvgIpc) is 2.51. The lowest BCUT2D eigenvalue weighted by Crippen LogP contribution is -2.33. The molecule has 1 rings (SSSR count). The lowest BCUT2D eigenvalue weighted by atomic mass is 10.4. The minimum Gasteiger partial charge on any atom is -0.345 e. The molecule has 0 aliphatic carbocycles. The Balaban J connectivity index is 2.58. The molecular formula is C7H10FN3OS. The van der Waals surface area contributed by atoms with Crippen molar-refractivity contribution in [3.8, 4) is 0 Å². The molecule has 1 amide bonds. The molecule has 0 radical (unpaired) electrons. The topological polar surface area (TPSA) is 54.9 Å². The van der Waals surface area contributed by atoms with Crippen molar-refractivity contribution in [3.05, 3.63) is 10.0 Å². The molecule has 13 heavy (non-hydrogen) atoms. The summed E-state index contributed by atoms with van der Waals surface area (Å²) in [4.78, 5) is 11.3. The summed E-state index contributed by atoms with van der Waals surface area (Å²) in [5, 5.41) is 10.8. The molecule has 0 spiro atoms. The maximum atomic E-state index is 12.0. The Morgan fingerprint density at radius 3 is 2.85 bits per heavy atom. The molecule has 4 nitrogen and oxygen atoms in total. The Morgan fingerprint density at radius 2 is 2.38 bits per heavy atom. The second-order valence-corrected chi connectivity index (χ2v) is 3.84. The van der Waals surface area contributed by atoms with Gasteiger partial charge in [0.25, 0.3) is 5.91 Å². The summed E-state index contributed by atoms with van der Waals surface area (Å²) in [6.07, 6.45) is 0. The van der Waals surface area contributed by atoms with Crippen molar-refractivity contribution in [2.45, 2.75) is 19.9 Å². The molecule has 1 aromatic heterocycles. The van der Waals surface area contributed by atoms with Crippen molar-refractivity contribution in [3.63, 3.8) is 0 Å². The number of hydrogen-bond donors (Lipinski definition) is 1. The van der Waals surface area contributed by atoms with Crippen molar-refractivity contribution >= 4 is 17.2 Å². The highest BCUT2D eigenvalue weighted by atomic mass is 32.1. The summed E-state index contributed by atoms with van der Waals surface area (Å²) in [5.74, 6) is -0.365. The summed E-state index contributed by atoms with van der Waals surface area (Å²) in [7, 11) is 0.